The van der Waals surface area contributed by atoms with Gasteiger partial charge in [-0.2, -0.15) is 0 Å². The summed E-state index contributed by atoms with van der Waals surface area (Å²) >= 11 is 6.05. The predicted molar refractivity (Wildman–Crippen MR) is 84.7 cm³/mol. The van der Waals surface area contributed by atoms with Crippen molar-refractivity contribution in [2.75, 3.05) is 19.5 Å². The van der Waals surface area contributed by atoms with Crippen molar-refractivity contribution in [1.29, 1.82) is 0 Å². The molecule has 0 aliphatic rings. The van der Waals surface area contributed by atoms with Gasteiger partial charge in [-0.1, -0.05) is 17.7 Å². The molecule has 0 aliphatic carbocycles. The van der Waals surface area contributed by atoms with Crippen molar-refractivity contribution in [3.8, 4) is 11.5 Å². The summed E-state index contributed by atoms with van der Waals surface area (Å²) in [6.07, 6.45) is 1.67. The lowest BCUT2D eigenvalue weighted by Gasteiger charge is -2.13. The summed E-state index contributed by atoms with van der Waals surface area (Å²) in [4.78, 5) is 16.1. The van der Waals surface area contributed by atoms with E-state index < -0.39 is 0 Å². The van der Waals surface area contributed by atoms with Gasteiger partial charge >= 0.3 is 6.03 Å². The van der Waals surface area contributed by atoms with Crippen LogP contribution < -0.4 is 20.1 Å². The normalized spacial score (nSPS) is 9.95. The molecular weight excluding hydrogens is 306 g/mol. The number of methoxy groups -OCH3 is 2. The zero-order valence-electron chi connectivity index (χ0n) is 12.2. The van der Waals surface area contributed by atoms with E-state index in [1.807, 2.05) is 18.2 Å². The molecule has 0 spiro atoms. The molecule has 2 aromatic rings. The molecule has 2 rings (SSSR count). The second kappa shape index (κ2) is 7.51. The minimum absolute atomic E-state index is 0.318. The lowest BCUT2D eigenvalue weighted by atomic mass is 10.2. The lowest BCUT2D eigenvalue weighted by molar-refractivity contribution is 0.251. The van der Waals surface area contributed by atoms with Gasteiger partial charge in [0, 0.05) is 12.3 Å². The average Bonchev–Trinajstić information content (AvgIpc) is 2.54. The number of carbonyl (C=O) groups excluding carboxylic acids is 1. The quantitative estimate of drug-likeness (QED) is 0.887. The molecule has 0 bridgehead atoms. The topological polar surface area (TPSA) is 72.5 Å². The maximum atomic E-state index is 11.9. The number of pyridine rings is 1. The minimum Gasteiger partial charge on any atom is -0.495 e. The van der Waals surface area contributed by atoms with E-state index in [-0.39, 0.29) is 6.03 Å². The van der Waals surface area contributed by atoms with Gasteiger partial charge in [0.25, 0.3) is 0 Å². The molecule has 1 aromatic carbocycles. The fraction of sp³-hybridized carbons (Fsp3) is 0.200. The molecule has 116 valence electrons. The zero-order valence-corrected chi connectivity index (χ0v) is 13.0. The van der Waals surface area contributed by atoms with Crippen molar-refractivity contribution in [2.45, 2.75) is 6.54 Å². The van der Waals surface area contributed by atoms with E-state index >= 15 is 0 Å². The number of nitrogens with zero attached hydrogens (tertiary/aromatic N) is 1. The van der Waals surface area contributed by atoms with Crippen LogP contribution in [0.1, 0.15) is 5.69 Å². The second-order valence-corrected chi connectivity index (χ2v) is 4.72. The van der Waals surface area contributed by atoms with Crippen LogP contribution in [0.15, 0.2) is 36.5 Å². The van der Waals surface area contributed by atoms with Gasteiger partial charge in [-0.15, -0.1) is 0 Å². The molecule has 0 atom stereocenters. The van der Waals surface area contributed by atoms with Gasteiger partial charge in [-0.25, -0.2) is 4.79 Å². The Labute approximate surface area is 133 Å². The fourth-order valence-corrected chi connectivity index (χ4v) is 2.04. The first kappa shape index (κ1) is 15.9. The first-order chi connectivity index (χ1) is 10.6. The van der Waals surface area contributed by atoms with Gasteiger partial charge in [0.05, 0.1) is 37.2 Å². The standard InChI is InChI=1S/C15H16ClN3O3/c1-21-13-8-14(22-2)12(7-11(13)16)19-15(20)18-9-10-5-3-4-6-17-10/h3-8H,9H2,1-2H3,(H2,18,19,20). The molecule has 0 fully saturated rings. The summed E-state index contributed by atoms with van der Waals surface area (Å²) in [6, 6.07) is 8.29. The van der Waals surface area contributed by atoms with E-state index in [1.165, 1.54) is 14.2 Å². The van der Waals surface area contributed by atoms with Crippen molar-refractivity contribution in [1.82, 2.24) is 10.3 Å². The monoisotopic (exact) mass is 321 g/mol. The van der Waals surface area contributed by atoms with Crippen LogP contribution in [0.25, 0.3) is 0 Å². The van der Waals surface area contributed by atoms with Crippen molar-refractivity contribution < 1.29 is 14.3 Å². The van der Waals surface area contributed by atoms with Crippen LogP contribution in [0.5, 0.6) is 11.5 Å². The largest absolute Gasteiger partial charge is 0.495 e. The van der Waals surface area contributed by atoms with E-state index in [9.17, 15) is 4.79 Å². The van der Waals surface area contributed by atoms with Gasteiger partial charge in [-0.3, -0.25) is 4.98 Å². The number of aromatic nitrogens is 1. The van der Waals surface area contributed by atoms with E-state index in [0.717, 1.165) is 5.69 Å². The molecular formula is C15H16ClN3O3. The number of nitrogens with one attached hydrogen (secondary N) is 2. The first-order valence-electron chi connectivity index (χ1n) is 6.50. The van der Waals surface area contributed by atoms with Crippen LogP contribution in [0.4, 0.5) is 10.5 Å². The molecule has 1 aromatic heterocycles. The Hall–Kier alpha value is -2.47. The molecule has 0 radical (unpaired) electrons. The minimum atomic E-state index is -0.384. The Bertz CT molecular complexity index is 650. The number of hydrogen-bond acceptors (Lipinski definition) is 4. The highest BCUT2D eigenvalue weighted by Gasteiger charge is 2.12. The van der Waals surface area contributed by atoms with Crippen LogP contribution in [0, 0.1) is 0 Å². The van der Waals surface area contributed by atoms with Gasteiger partial charge in [0.2, 0.25) is 0 Å². The molecule has 1 heterocycles. The lowest BCUT2D eigenvalue weighted by Crippen LogP contribution is -2.28. The van der Waals surface area contributed by atoms with Crippen molar-refractivity contribution in [2.24, 2.45) is 0 Å². The molecule has 0 aliphatic heterocycles. The Balaban J connectivity index is 2.03. The number of anilines is 1. The van der Waals surface area contributed by atoms with Gasteiger partial charge < -0.3 is 20.1 Å². The number of amides is 2. The molecule has 0 saturated heterocycles. The molecule has 2 amide bonds. The Morgan fingerprint density at radius 3 is 2.64 bits per heavy atom. The van der Waals surface area contributed by atoms with E-state index in [1.54, 1.807) is 18.3 Å². The Morgan fingerprint density at radius 2 is 2.00 bits per heavy atom. The number of carbonyl (C=O) groups is 1. The van der Waals surface area contributed by atoms with Crippen LogP contribution in [0.2, 0.25) is 5.02 Å². The number of rotatable bonds is 5. The summed E-state index contributed by atoms with van der Waals surface area (Å²) in [5.41, 5.74) is 1.21. The third-order valence-corrected chi connectivity index (χ3v) is 3.17. The first-order valence-corrected chi connectivity index (χ1v) is 6.88. The van der Waals surface area contributed by atoms with E-state index in [4.69, 9.17) is 21.1 Å². The molecule has 6 nitrogen and oxygen atoms in total. The van der Waals surface area contributed by atoms with Crippen LogP contribution >= 0.6 is 11.6 Å². The van der Waals surface area contributed by atoms with Gasteiger partial charge in [-0.05, 0) is 18.2 Å². The highest BCUT2D eigenvalue weighted by atomic mass is 35.5. The number of benzene rings is 1. The van der Waals surface area contributed by atoms with Crippen LogP contribution in [-0.2, 0) is 6.54 Å². The Morgan fingerprint density at radius 1 is 1.23 bits per heavy atom. The van der Waals surface area contributed by atoms with E-state index in [2.05, 4.69) is 15.6 Å². The maximum absolute atomic E-state index is 11.9. The smallest absolute Gasteiger partial charge is 0.319 e. The second-order valence-electron chi connectivity index (χ2n) is 4.32. The summed E-state index contributed by atoms with van der Waals surface area (Å²) in [6.45, 7) is 0.318. The highest BCUT2D eigenvalue weighted by molar-refractivity contribution is 6.32. The third kappa shape index (κ3) is 4.02. The molecule has 22 heavy (non-hydrogen) atoms. The molecule has 7 heteroatoms. The van der Waals surface area contributed by atoms with Crippen molar-refractivity contribution in [3.05, 3.63) is 47.2 Å². The zero-order chi connectivity index (χ0) is 15.9. The van der Waals surface area contributed by atoms with E-state index in [0.29, 0.717) is 28.8 Å². The predicted octanol–water partition coefficient (Wildman–Crippen LogP) is 3.07. The summed E-state index contributed by atoms with van der Waals surface area (Å²) < 4.78 is 10.3. The summed E-state index contributed by atoms with van der Waals surface area (Å²) in [7, 11) is 3.01. The van der Waals surface area contributed by atoms with Gasteiger partial charge in [0.1, 0.15) is 11.5 Å². The van der Waals surface area contributed by atoms with Crippen LogP contribution in [-0.4, -0.2) is 25.2 Å². The molecule has 0 saturated carbocycles. The fourth-order valence-electron chi connectivity index (χ4n) is 1.80. The number of halogens is 1. The van der Waals surface area contributed by atoms with Gasteiger partial charge in [0.15, 0.2) is 0 Å². The third-order valence-electron chi connectivity index (χ3n) is 2.88. The number of hydrogen-bond donors (Lipinski definition) is 2. The number of ether oxygens (including phenoxy) is 2. The summed E-state index contributed by atoms with van der Waals surface area (Å²) in [5, 5.41) is 5.76. The number of urea groups is 1. The molecule has 0 unspecified atom stereocenters. The summed E-state index contributed by atoms with van der Waals surface area (Å²) in [5.74, 6) is 0.923. The maximum Gasteiger partial charge on any atom is 0.319 e. The van der Waals surface area contributed by atoms with Crippen molar-refractivity contribution in [3.63, 3.8) is 0 Å². The SMILES string of the molecule is COc1cc(OC)c(NC(=O)NCc2ccccn2)cc1Cl. The Kier molecular flexibility index (Phi) is 5.43. The average molecular weight is 322 g/mol. The highest BCUT2D eigenvalue weighted by Crippen LogP contribution is 2.35. The van der Waals surface area contributed by atoms with Crippen molar-refractivity contribution >= 4 is 23.3 Å². The van der Waals surface area contributed by atoms with Crippen LogP contribution in [0.3, 0.4) is 0 Å². The molecule has 2 N–H and O–H groups in total.